The lowest BCUT2D eigenvalue weighted by molar-refractivity contribution is 0.714. The third-order valence-electron chi connectivity index (χ3n) is 2.80. The Bertz CT molecular complexity index is 567. The van der Waals surface area contributed by atoms with Gasteiger partial charge in [0.05, 0.1) is 20.7 Å². The van der Waals surface area contributed by atoms with Gasteiger partial charge in [-0.15, -0.1) is 11.3 Å². The van der Waals surface area contributed by atoms with Crippen LogP contribution in [-0.4, -0.2) is 18.1 Å². The van der Waals surface area contributed by atoms with Crippen molar-refractivity contribution >= 4 is 34.5 Å². The lowest BCUT2D eigenvalue weighted by Crippen LogP contribution is -2.15. The molecule has 0 saturated heterocycles. The number of likely N-dealkylation sites (N-methyl/N-ethyl adjacent to an activating group) is 1. The zero-order valence-corrected chi connectivity index (χ0v) is 13.3. The topological polar surface area (TPSA) is 24.9 Å². The van der Waals surface area contributed by atoms with Crippen LogP contribution in [0.1, 0.15) is 16.8 Å². The van der Waals surface area contributed by atoms with Crippen molar-refractivity contribution in [2.24, 2.45) is 0 Å². The van der Waals surface area contributed by atoms with Crippen molar-refractivity contribution in [1.82, 2.24) is 10.3 Å². The molecule has 102 valence electrons. The summed E-state index contributed by atoms with van der Waals surface area (Å²) in [5.74, 6) is 0. The smallest absolute Gasteiger partial charge is 0.0948 e. The van der Waals surface area contributed by atoms with E-state index in [0.29, 0.717) is 10.0 Å². The predicted octanol–water partition coefficient (Wildman–Crippen LogP) is 4.58. The van der Waals surface area contributed by atoms with E-state index in [0.717, 1.165) is 35.8 Å². The minimum absolute atomic E-state index is 0.570. The minimum Gasteiger partial charge on any atom is -0.317 e. The molecular weight excluding hydrogens is 299 g/mol. The molecule has 2 rings (SSSR count). The molecule has 1 heterocycles. The Morgan fingerprint density at radius 1 is 1.26 bits per heavy atom. The van der Waals surface area contributed by atoms with E-state index in [9.17, 15) is 0 Å². The lowest BCUT2D eigenvalue weighted by atomic mass is 10.1. The molecule has 5 heteroatoms. The number of rotatable bonds is 5. The summed E-state index contributed by atoms with van der Waals surface area (Å²) in [4.78, 5) is 5.91. The summed E-state index contributed by atoms with van der Waals surface area (Å²) in [5.41, 5.74) is 2.04. The van der Waals surface area contributed by atoms with Crippen molar-refractivity contribution in [3.63, 3.8) is 0 Å². The Kier molecular flexibility index (Phi) is 5.22. The zero-order chi connectivity index (χ0) is 13.8. The molecule has 19 heavy (non-hydrogen) atoms. The molecule has 0 aliphatic heterocycles. The van der Waals surface area contributed by atoms with Gasteiger partial charge in [-0.1, -0.05) is 36.2 Å². The highest BCUT2D eigenvalue weighted by Crippen LogP contribution is 2.32. The molecule has 0 amide bonds. The molecule has 1 N–H and O–H groups in total. The fraction of sp³-hybridized carbons (Fsp3) is 0.357. The van der Waals surface area contributed by atoms with Gasteiger partial charge < -0.3 is 5.32 Å². The van der Waals surface area contributed by atoms with Gasteiger partial charge in [-0.25, -0.2) is 4.98 Å². The maximum Gasteiger partial charge on any atom is 0.0948 e. The van der Waals surface area contributed by atoms with E-state index in [1.807, 2.05) is 18.2 Å². The molecule has 1 aromatic carbocycles. The van der Waals surface area contributed by atoms with Gasteiger partial charge in [-0.2, -0.15) is 0 Å². The monoisotopic (exact) mass is 314 g/mol. The van der Waals surface area contributed by atoms with Crippen LogP contribution in [-0.2, 0) is 6.42 Å². The average Bonchev–Trinajstić information content (AvgIpc) is 2.74. The van der Waals surface area contributed by atoms with E-state index in [-0.39, 0.29) is 0 Å². The molecule has 0 radical (unpaired) electrons. The van der Waals surface area contributed by atoms with Crippen LogP contribution in [0.5, 0.6) is 0 Å². The molecule has 1 aromatic heterocycles. The second-order valence-electron chi connectivity index (χ2n) is 4.24. The number of benzene rings is 1. The Morgan fingerprint density at radius 3 is 2.74 bits per heavy atom. The highest BCUT2D eigenvalue weighted by atomic mass is 35.5. The molecule has 0 fully saturated rings. The van der Waals surface area contributed by atoms with Crippen LogP contribution in [0.2, 0.25) is 10.0 Å². The van der Waals surface area contributed by atoms with Crippen molar-refractivity contribution in [1.29, 1.82) is 0 Å². The molecule has 2 nitrogen and oxygen atoms in total. The fourth-order valence-corrected chi connectivity index (χ4v) is 3.09. The molecule has 0 unspecified atom stereocenters. The van der Waals surface area contributed by atoms with Crippen molar-refractivity contribution in [2.45, 2.75) is 20.3 Å². The first-order valence-electron chi connectivity index (χ1n) is 6.24. The SMILES string of the molecule is CCNCCc1nc(-c2ccc(Cl)c(Cl)c2)c(C)s1. The Balaban J connectivity index is 2.22. The fourth-order valence-electron chi connectivity index (χ4n) is 1.84. The Morgan fingerprint density at radius 2 is 2.05 bits per heavy atom. The van der Waals surface area contributed by atoms with E-state index in [4.69, 9.17) is 28.2 Å². The van der Waals surface area contributed by atoms with E-state index >= 15 is 0 Å². The maximum atomic E-state index is 6.06. The normalized spacial score (nSPS) is 10.9. The number of aryl methyl sites for hydroxylation is 1. The van der Waals surface area contributed by atoms with Crippen LogP contribution in [0.15, 0.2) is 18.2 Å². The molecule has 0 bridgehead atoms. The summed E-state index contributed by atoms with van der Waals surface area (Å²) in [6.45, 7) is 6.15. The van der Waals surface area contributed by atoms with Crippen molar-refractivity contribution in [3.8, 4) is 11.3 Å². The lowest BCUT2D eigenvalue weighted by Gasteiger charge is -2.01. The Hall–Kier alpha value is -0.610. The van der Waals surface area contributed by atoms with Gasteiger partial charge in [-0.05, 0) is 25.6 Å². The van der Waals surface area contributed by atoms with Gasteiger partial charge in [0.15, 0.2) is 0 Å². The zero-order valence-electron chi connectivity index (χ0n) is 11.0. The van der Waals surface area contributed by atoms with Crippen LogP contribution in [0.25, 0.3) is 11.3 Å². The molecule has 2 aromatic rings. The molecule has 0 aliphatic rings. The highest BCUT2D eigenvalue weighted by Gasteiger charge is 2.11. The van der Waals surface area contributed by atoms with Crippen molar-refractivity contribution < 1.29 is 0 Å². The van der Waals surface area contributed by atoms with Gasteiger partial charge in [-0.3, -0.25) is 0 Å². The number of aromatic nitrogens is 1. The molecule has 0 saturated carbocycles. The van der Waals surface area contributed by atoms with E-state index in [1.165, 1.54) is 4.88 Å². The van der Waals surface area contributed by atoms with Crippen molar-refractivity contribution in [3.05, 3.63) is 38.1 Å². The molecule has 0 spiro atoms. The second kappa shape index (κ2) is 6.71. The summed E-state index contributed by atoms with van der Waals surface area (Å²) in [6, 6.07) is 5.65. The summed E-state index contributed by atoms with van der Waals surface area (Å²) in [5, 5.41) is 5.61. The van der Waals surface area contributed by atoms with Gasteiger partial charge in [0.25, 0.3) is 0 Å². The van der Waals surface area contributed by atoms with Crippen LogP contribution in [0.4, 0.5) is 0 Å². The number of hydrogen-bond donors (Lipinski definition) is 1. The van der Waals surface area contributed by atoms with E-state index in [2.05, 4.69) is 19.2 Å². The average molecular weight is 315 g/mol. The number of nitrogens with zero attached hydrogens (tertiary/aromatic N) is 1. The summed E-state index contributed by atoms with van der Waals surface area (Å²) < 4.78 is 0. The van der Waals surface area contributed by atoms with Gasteiger partial charge in [0.2, 0.25) is 0 Å². The summed E-state index contributed by atoms with van der Waals surface area (Å²) in [7, 11) is 0. The first-order valence-corrected chi connectivity index (χ1v) is 7.81. The summed E-state index contributed by atoms with van der Waals surface area (Å²) in [6.07, 6.45) is 0.959. The van der Waals surface area contributed by atoms with Crippen LogP contribution in [0, 0.1) is 6.92 Å². The first-order chi connectivity index (χ1) is 9.11. The van der Waals surface area contributed by atoms with Gasteiger partial charge >= 0.3 is 0 Å². The summed E-state index contributed by atoms with van der Waals surface area (Å²) >= 11 is 13.7. The standard InChI is InChI=1S/C14H16Cl2N2S/c1-3-17-7-6-13-18-14(9(2)19-13)10-4-5-11(15)12(16)8-10/h4-5,8,17H,3,6-7H2,1-2H3. The molecule has 0 aliphatic carbocycles. The number of thiazole rings is 1. The van der Waals surface area contributed by atoms with Crippen LogP contribution >= 0.6 is 34.5 Å². The maximum absolute atomic E-state index is 6.06. The highest BCUT2D eigenvalue weighted by molar-refractivity contribution is 7.12. The number of halogens is 2. The van der Waals surface area contributed by atoms with E-state index in [1.54, 1.807) is 11.3 Å². The second-order valence-corrected chi connectivity index (χ2v) is 6.35. The number of hydrogen-bond acceptors (Lipinski definition) is 3. The van der Waals surface area contributed by atoms with E-state index < -0.39 is 0 Å². The third-order valence-corrected chi connectivity index (χ3v) is 4.57. The quantitative estimate of drug-likeness (QED) is 0.817. The molecular formula is C14H16Cl2N2S. The van der Waals surface area contributed by atoms with Gasteiger partial charge in [0.1, 0.15) is 0 Å². The largest absolute Gasteiger partial charge is 0.317 e. The molecule has 0 atom stereocenters. The minimum atomic E-state index is 0.570. The van der Waals surface area contributed by atoms with Crippen molar-refractivity contribution in [2.75, 3.05) is 13.1 Å². The Labute approximate surface area is 127 Å². The van der Waals surface area contributed by atoms with Crippen LogP contribution in [0.3, 0.4) is 0 Å². The third kappa shape index (κ3) is 3.69. The van der Waals surface area contributed by atoms with Gasteiger partial charge in [0, 0.05) is 23.4 Å². The number of nitrogens with one attached hydrogen (secondary N) is 1. The van der Waals surface area contributed by atoms with Crippen LogP contribution < -0.4 is 5.32 Å². The predicted molar refractivity (Wildman–Crippen MR) is 84.6 cm³/mol. The first kappa shape index (κ1) is 14.8.